The molecule has 11 heteroatoms. The average molecular weight is 577 g/mol. The highest BCUT2D eigenvalue weighted by Gasteiger charge is 2.30. The molecule has 2 heterocycles. The van der Waals surface area contributed by atoms with Crippen LogP contribution < -0.4 is 20.7 Å². The molecule has 1 aliphatic heterocycles. The highest BCUT2D eigenvalue weighted by molar-refractivity contribution is 7.91. The molecule has 0 fully saturated rings. The highest BCUT2D eigenvalue weighted by atomic mass is 32.2. The third-order valence-electron chi connectivity index (χ3n) is 6.15. The molecule has 0 spiro atoms. The standard InChI is InChI=1S/C29H28N4O5S2/c34-14-13-30-12-3-15-38-21-9-6-19(7-10-21)29-32-18-22(39-29)17-31-27(35)20-8-11-26-24(16-20)33-28(36)23-4-1-2-5-25(23)40(26)37/h1-2,4-11,16,18,30,34H,3,12-15,17H2,(H,31,35)(H,33,36). The lowest BCUT2D eigenvalue weighted by molar-refractivity contribution is 0.0949. The van der Waals surface area contributed by atoms with Gasteiger partial charge in [-0.25, -0.2) is 4.98 Å². The lowest BCUT2D eigenvalue weighted by Gasteiger charge is -2.12. The molecular weight excluding hydrogens is 548 g/mol. The van der Waals surface area contributed by atoms with E-state index >= 15 is 0 Å². The zero-order chi connectivity index (χ0) is 27.9. The number of thiazole rings is 1. The van der Waals surface area contributed by atoms with Crippen molar-refractivity contribution in [3.8, 4) is 16.3 Å². The summed E-state index contributed by atoms with van der Waals surface area (Å²) < 4.78 is 18.8. The number of rotatable bonds is 11. The van der Waals surface area contributed by atoms with Crippen molar-refractivity contribution in [1.82, 2.24) is 15.6 Å². The fourth-order valence-corrected chi connectivity index (χ4v) is 6.29. The maximum atomic E-state index is 13.1. The zero-order valence-corrected chi connectivity index (χ0v) is 23.1. The lowest BCUT2D eigenvalue weighted by atomic mass is 10.1. The molecule has 0 aliphatic carbocycles. The third-order valence-corrected chi connectivity index (χ3v) is 8.71. The van der Waals surface area contributed by atoms with Crippen LogP contribution in [0.1, 0.15) is 32.0 Å². The molecule has 4 N–H and O–H groups in total. The number of aromatic nitrogens is 1. The van der Waals surface area contributed by atoms with E-state index in [9.17, 15) is 14.1 Å². The lowest BCUT2D eigenvalue weighted by Crippen LogP contribution is -2.22. The van der Waals surface area contributed by atoms with Gasteiger partial charge in [0.25, 0.3) is 11.8 Å². The van der Waals surface area contributed by atoms with E-state index in [4.69, 9.17) is 9.84 Å². The van der Waals surface area contributed by atoms with Crippen molar-refractivity contribution in [1.29, 1.82) is 0 Å². The summed E-state index contributed by atoms with van der Waals surface area (Å²) in [4.78, 5) is 31.8. The van der Waals surface area contributed by atoms with Gasteiger partial charge in [0, 0.05) is 39.9 Å². The van der Waals surface area contributed by atoms with Gasteiger partial charge in [-0.3, -0.25) is 9.59 Å². The van der Waals surface area contributed by atoms with Crippen LogP contribution in [0.5, 0.6) is 5.75 Å². The van der Waals surface area contributed by atoms with Crippen LogP contribution >= 0.6 is 11.3 Å². The normalized spacial score (nSPS) is 14.1. The first-order chi connectivity index (χ1) is 19.5. The van der Waals surface area contributed by atoms with E-state index in [2.05, 4.69) is 20.9 Å². The van der Waals surface area contributed by atoms with Crippen molar-refractivity contribution in [3.05, 3.63) is 88.9 Å². The van der Waals surface area contributed by atoms with Gasteiger partial charge in [-0.15, -0.1) is 11.3 Å². The Labute approximate surface area is 238 Å². The van der Waals surface area contributed by atoms with Gasteiger partial charge in [0.15, 0.2) is 9.79 Å². The molecule has 0 saturated heterocycles. The number of anilines is 1. The second-order valence-corrected chi connectivity index (χ2v) is 11.5. The molecule has 2 amide bonds. The van der Waals surface area contributed by atoms with Crippen molar-refractivity contribution < 1.29 is 24.0 Å². The molecule has 5 rings (SSSR count). The predicted octanol–water partition coefficient (Wildman–Crippen LogP) is 3.82. The fourth-order valence-electron chi connectivity index (χ4n) is 4.13. The van der Waals surface area contributed by atoms with Gasteiger partial charge in [-0.1, -0.05) is 12.1 Å². The summed E-state index contributed by atoms with van der Waals surface area (Å²) in [5, 5.41) is 18.4. The molecule has 1 aliphatic rings. The highest BCUT2D eigenvalue weighted by Crippen LogP contribution is 2.34. The van der Waals surface area contributed by atoms with Crippen LogP contribution in [0.4, 0.5) is 5.69 Å². The Bertz CT molecular complexity index is 1490. The molecule has 1 unspecified atom stereocenters. The Morgan fingerprint density at radius 1 is 1.07 bits per heavy atom. The monoisotopic (exact) mass is 576 g/mol. The maximum Gasteiger partial charge on any atom is 0.260 e. The molecular formula is C29H28N4O5S2. The van der Waals surface area contributed by atoms with E-state index < -0.39 is 11.2 Å². The second kappa shape index (κ2) is 13.1. The van der Waals surface area contributed by atoms with Gasteiger partial charge in [0.05, 0.1) is 31.0 Å². The van der Waals surface area contributed by atoms with Crippen LogP contribution in [-0.2, 0) is 17.7 Å². The van der Waals surface area contributed by atoms with E-state index in [1.165, 1.54) is 11.3 Å². The number of carbonyl (C=O) groups excluding carboxylic acids is 2. The largest absolute Gasteiger partial charge is 0.606 e. The molecule has 1 aromatic heterocycles. The van der Waals surface area contributed by atoms with Crippen molar-refractivity contribution in [2.24, 2.45) is 0 Å². The molecule has 0 saturated carbocycles. The van der Waals surface area contributed by atoms with Gasteiger partial charge >= 0.3 is 0 Å². The van der Waals surface area contributed by atoms with Crippen LogP contribution in [0.3, 0.4) is 0 Å². The maximum absolute atomic E-state index is 13.1. The molecule has 206 valence electrons. The summed E-state index contributed by atoms with van der Waals surface area (Å²) in [6, 6.07) is 19.3. The summed E-state index contributed by atoms with van der Waals surface area (Å²) in [5.74, 6) is 0.107. The van der Waals surface area contributed by atoms with E-state index in [1.54, 1.807) is 48.7 Å². The quantitative estimate of drug-likeness (QED) is 0.157. The van der Waals surface area contributed by atoms with E-state index in [0.717, 1.165) is 34.2 Å². The van der Waals surface area contributed by atoms with Crippen molar-refractivity contribution in [2.75, 3.05) is 31.6 Å². The first-order valence-electron chi connectivity index (χ1n) is 12.8. The molecule has 4 aromatic rings. The third kappa shape index (κ3) is 6.52. The Balaban J connectivity index is 1.17. The number of ether oxygens (including phenoxy) is 1. The number of hydrogen-bond donors (Lipinski definition) is 4. The topological polar surface area (TPSA) is 136 Å². The number of amides is 2. The summed E-state index contributed by atoms with van der Waals surface area (Å²) >= 11 is -0.0590. The number of nitrogens with zero attached hydrogens (tertiary/aromatic N) is 1. The van der Waals surface area contributed by atoms with Crippen LogP contribution in [0.2, 0.25) is 0 Å². The number of aliphatic hydroxyl groups excluding tert-OH is 1. The number of fused-ring (bicyclic) bond motifs is 2. The van der Waals surface area contributed by atoms with Crippen LogP contribution in [-0.4, -0.2) is 52.8 Å². The Kier molecular flexibility index (Phi) is 9.09. The van der Waals surface area contributed by atoms with Crippen molar-refractivity contribution >= 4 is 40.0 Å². The number of hydrogen-bond acceptors (Lipinski definition) is 8. The number of nitrogens with one attached hydrogen (secondary N) is 3. The second-order valence-electron chi connectivity index (χ2n) is 8.94. The number of aliphatic hydroxyl groups is 1. The minimum Gasteiger partial charge on any atom is -0.606 e. The minimum absolute atomic E-state index is 0.128. The number of benzene rings is 3. The molecule has 1 atom stereocenters. The predicted molar refractivity (Wildman–Crippen MR) is 154 cm³/mol. The van der Waals surface area contributed by atoms with Gasteiger partial charge < -0.3 is 30.3 Å². The SMILES string of the molecule is O=C(NCc1cnc(-c2ccc(OCCCNCCO)cc2)s1)c1ccc2c(c1)NC(=O)c1ccccc1[S+]2[O-]. The molecule has 0 radical (unpaired) electrons. The van der Waals surface area contributed by atoms with E-state index in [0.29, 0.717) is 46.3 Å². The van der Waals surface area contributed by atoms with E-state index in [-0.39, 0.29) is 18.4 Å². The van der Waals surface area contributed by atoms with Gasteiger partial charge in [0.1, 0.15) is 10.8 Å². The van der Waals surface area contributed by atoms with Gasteiger partial charge in [-0.2, -0.15) is 0 Å². The minimum atomic E-state index is -1.54. The molecule has 40 heavy (non-hydrogen) atoms. The van der Waals surface area contributed by atoms with Gasteiger partial charge in [0.2, 0.25) is 0 Å². The first-order valence-corrected chi connectivity index (χ1v) is 14.7. The van der Waals surface area contributed by atoms with Crippen molar-refractivity contribution in [2.45, 2.75) is 22.8 Å². The molecule has 9 nitrogen and oxygen atoms in total. The van der Waals surface area contributed by atoms with Crippen LogP contribution in [0.15, 0.2) is 82.7 Å². The smallest absolute Gasteiger partial charge is 0.260 e. The van der Waals surface area contributed by atoms with Crippen molar-refractivity contribution in [3.63, 3.8) is 0 Å². The Morgan fingerprint density at radius 3 is 2.73 bits per heavy atom. The Hall–Kier alpha value is -3.74. The van der Waals surface area contributed by atoms with Gasteiger partial charge in [-0.05, 0) is 67.6 Å². The molecule has 3 aromatic carbocycles. The summed E-state index contributed by atoms with van der Waals surface area (Å²) in [6.45, 7) is 2.38. The summed E-state index contributed by atoms with van der Waals surface area (Å²) in [7, 11) is 0. The summed E-state index contributed by atoms with van der Waals surface area (Å²) in [6.07, 6.45) is 2.58. The average Bonchev–Trinajstić information content (AvgIpc) is 3.43. The summed E-state index contributed by atoms with van der Waals surface area (Å²) in [5.41, 5.74) is 2.02. The van der Waals surface area contributed by atoms with Crippen LogP contribution in [0, 0.1) is 0 Å². The Morgan fingerprint density at radius 2 is 1.90 bits per heavy atom. The van der Waals surface area contributed by atoms with Crippen LogP contribution in [0.25, 0.3) is 10.6 Å². The van der Waals surface area contributed by atoms with E-state index in [1.807, 2.05) is 24.3 Å². The number of carbonyl (C=O) groups is 2. The first kappa shape index (κ1) is 27.8. The zero-order valence-electron chi connectivity index (χ0n) is 21.5. The fraction of sp³-hybridized carbons (Fsp3) is 0.207. The molecule has 0 bridgehead atoms.